The molecule has 270 valence electrons. The van der Waals surface area contributed by atoms with E-state index in [-0.39, 0.29) is 6.71 Å². The van der Waals surface area contributed by atoms with E-state index in [2.05, 4.69) is 211 Å². The number of hydrogen-bond acceptors (Lipinski definition) is 0. The minimum atomic E-state index is -0.442. The summed E-state index contributed by atoms with van der Waals surface area (Å²) in [6.07, 6.45) is 0. The van der Waals surface area contributed by atoms with Crippen LogP contribution in [0.2, 0.25) is 0 Å². The highest BCUT2D eigenvalue weighted by Gasteiger charge is 2.54. The van der Waals surface area contributed by atoms with Gasteiger partial charge in [0, 0.05) is 16.5 Å². The average Bonchev–Trinajstić information content (AvgIpc) is 3.92. The third-order valence-electron chi connectivity index (χ3n) is 14.1. The second-order valence-electron chi connectivity index (χ2n) is 16.7. The molecule has 0 N–H and O–H groups in total. The molecule has 1 unspecified atom stereocenters. The zero-order chi connectivity index (χ0) is 38.4. The summed E-state index contributed by atoms with van der Waals surface area (Å²) in [5.74, 6) is 0. The molecule has 1 aromatic heterocycles. The molecule has 0 amide bonds. The summed E-state index contributed by atoms with van der Waals surface area (Å²) in [7, 11) is 0. The zero-order valence-corrected chi connectivity index (χ0v) is 32.2. The molecule has 2 heteroatoms. The van der Waals surface area contributed by atoms with Crippen LogP contribution in [-0.2, 0) is 5.41 Å². The van der Waals surface area contributed by atoms with Crippen molar-refractivity contribution in [1.29, 1.82) is 0 Å². The van der Waals surface area contributed by atoms with Crippen LogP contribution < -0.4 is 16.4 Å². The van der Waals surface area contributed by atoms with Gasteiger partial charge in [0.15, 0.2) is 0 Å². The summed E-state index contributed by atoms with van der Waals surface area (Å²) >= 11 is 0. The Hall–Kier alpha value is -7.42. The van der Waals surface area contributed by atoms with Gasteiger partial charge in [-0.15, -0.1) is 0 Å². The summed E-state index contributed by atoms with van der Waals surface area (Å²) in [5.41, 5.74) is 20.9. The van der Waals surface area contributed by atoms with Gasteiger partial charge in [-0.3, -0.25) is 0 Å². The number of benzene rings is 10. The van der Waals surface area contributed by atoms with Crippen LogP contribution in [0.4, 0.5) is 0 Å². The Bertz CT molecular complexity index is 3590. The molecule has 59 heavy (non-hydrogen) atoms. The van der Waals surface area contributed by atoms with Crippen LogP contribution in [-0.4, -0.2) is 11.3 Å². The van der Waals surface area contributed by atoms with Gasteiger partial charge in [-0.05, 0) is 114 Å². The molecular weight excluding hydrogens is 709 g/mol. The van der Waals surface area contributed by atoms with Crippen molar-refractivity contribution in [1.82, 2.24) is 4.57 Å². The summed E-state index contributed by atoms with van der Waals surface area (Å²) in [6, 6.07) is 78.1. The molecule has 14 rings (SSSR count). The van der Waals surface area contributed by atoms with Gasteiger partial charge in [0.05, 0.1) is 16.4 Å². The van der Waals surface area contributed by atoms with Crippen LogP contribution >= 0.6 is 0 Å². The molecule has 11 aromatic rings. The van der Waals surface area contributed by atoms with E-state index in [4.69, 9.17) is 0 Å². The van der Waals surface area contributed by atoms with Crippen LogP contribution in [0.5, 0.6) is 0 Å². The molecule has 3 aliphatic rings. The number of aromatic nitrogens is 1. The Balaban J connectivity index is 0.985. The molecule has 1 spiro atoms. The number of nitrogens with zero attached hydrogens (tertiary/aromatic N) is 1. The summed E-state index contributed by atoms with van der Waals surface area (Å²) in [4.78, 5) is 0. The fourth-order valence-electron chi connectivity index (χ4n) is 11.8. The third kappa shape index (κ3) is 3.96. The number of hydrogen-bond donors (Lipinski definition) is 0. The molecule has 0 saturated carbocycles. The Morgan fingerprint density at radius 3 is 1.83 bits per heavy atom. The van der Waals surface area contributed by atoms with E-state index < -0.39 is 5.41 Å². The molecular formula is C57H34BN. The van der Waals surface area contributed by atoms with Crippen LogP contribution in [0, 0.1) is 0 Å². The molecule has 10 aromatic carbocycles. The van der Waals surface area contributed by atoms with E-state index in [9.17, 15) is 0 Å². The zero-order valence-electron chi connectivity index (χ0n) is 32.2. The van der Waals surface area contributed by atoms with Crippen molar-refractivity contribution in [2.24, 2.45) is 0 Å². The molecule has 0 fully saturated rings. The molecule has 0 saturated heterocycles. The first-order chi connectivity index (χ1) is 29.3. The number of fused-ring (bicyclic) bond motifs is 18. The number of rotatable bonds is 2. The van der Waals surface area contributed by atoms with Crippen molar-refractivity contribution in [3.8, 4) is 39.1 Å². The predicted octanol–water partition coefficient (Wildman–Crippen LogP) is 11.9. The van der Waals surface area contributed by atoms with Gasteiger partial charge >= 0.3 is 0 Å². The van der Waals surface area contributed by atoms with Crippen molar-refractivity contribution < 1.29 is 0 Å². The van der Waals surface area contributed by atoms with Crippen LogP contribution in [0.15, 0.2) is 206 Å². The van der Waals surface area contributed by atoms with Crippen molar-refractivity contribution in [2.75, 3.05) is 0 Å². The smallest absolute Gasteiger partial charge is 0.243 e. The lowest BCUT2D eigenvalue weighted by molar-refractivity contribution is 0.775. The molecule has 0 radical (unpaired) electrons. The molecule has 2 aliphatic heterocycles. The van der Waals surface area contributed by atoms with Crippen molar-refractivity contribution >= 4 is 66.5 Å². The molecule has 1 nitrogen and oxygen atoms in total. The largest absolute Gasteiger partial charge is 0.309 e. The Morgan fingerprint density at radius 1 is 0.339 bits per heavy atom. The normalized spacial score (nSPS) is 15.5. The maximum absolute atomic E-state index is 2.49. The fourth-order valence-corrected chi connectivity index (χ4v) is 11.8. The Labute approximate surface area is 342 Å². The summed E-state index contributed by atoms with van der Waals surface area (Å²) in [6.45, 7) is 0.134. The molecule has 1 aliphatic carbocycles. The van der Waals surface area contributed by atoms with Crippen LogP contribution in [0.3, 0.4) is 0 Å². The fraction of sp³-hybridized carbons (Fsp3) is 0.0175. The Morgan fingerprint density at radius 2 is 0.966 bits per heavy atom. The highest BCUT2D eigenvalue weighted by Crippen LogP contribution is 2.58. The van der Waals surface area contributed by atoms with Gasteiger partial charge in [-0.1, -0.05) is 186 Å². The maximum atomic E-state index is 2.49. The Kier molecular flexibility index (Phi) is 6.10. The van der Waals surface area contributed by atoms with E-state index in [0.29, 0.717) is 0 Å². The number of para-hydroxylation sites is 2. The van der Waals surface area contributed by atoms with E-state index >= 15 is 0 Å². The first kappa shape index (κ1) is 31.6. The lowest BCUT2D eigenvalue weighted by Gasteiger charge is -2.42. The maximum Gasteiger partial charge on any atom is 0.243 e. The molecule has 1 atom stereocenters. The van der Waals surface area contributed by atoms with Gasteiger partial charge < -0.3 is 4.57 Å². The van der Waals surface area contributed by atoms with E-state index in [1.54, 1.807) is 0 Å². The second-order valence-corrected chi connectivity index (χ2v) is 16.7. The predicted molar refractivity (Wildman–Crippen MR) is 249 cm³/mol. The summed E-state index contributed by atoms with van der Waals surface area (Å²) in [5, 5.41) is 7.72. The quantitative estimate of drug-likeness (QED) is 0.123. The van der Waals surface area contributed by atoms with E-state index in [1.807, 2.05) is 0 Å². The SMILES string of the molecule is c1ccc2c(c1)B1c3cc(-n4c5ccccc5c5ccccc54)ccc3-c3cccc(c31)C21c2ccccc2-c2cc(-c3ccc4c(ccc5ccccc54)c3)ccc21. The summed E-state index contributed by atoms with van der Waals surface area (Å²) < 4.78 is 2.46. The lowest BCUT2D eigenvalue weighted by Crippen LogP contribution is -2.59. The van der Waals surface area contributed by atoms with E-state index in [1.165, 1.54) is 121 Å². The highest BCUT2D eigenvalue weighted by molar-refractivity contribution is 7.00. The van der Waals surface area contributed by atoms with Crippen molar-refractivity contribution in [3.63, 3.8) is 0 Å². The topological polar surface area (TPSA) is 4.93 Å². The third-order valence-corrected chi connectivity index (χ3v) is 14.1. The van der Waals surface area contributed by atoms with Gasteiger partial charge in [-0.25, -0.2) is 0 Å². The minimum Gasteiger partial charge on any atom is -0.309 e. The van der Waals surface area contributed by atoms with Gasteiger partial charge in [0.1, 0.15) is 0 Å². The highest BCUT2D eigenvalue weighted by atomic mass is 15.0. The van der Waals surface area contributed by atoms with Gasteiger partial charge in [-0.2, -0.15) is 0 Å². The van der Waals surface area contributed by atoms with Crippen LogP contribution in [0.25, 0.3) is 82.4 Å². The van der Waals surface area contributed by atoms with Gasteiger partial charge in [0.2, 0.25) is 6.71 Å². The lowest BCUT2D eigenvalue weighted by atomic mass is 9.32. The molecule has 0 bridgehead atoms. The van der Waals surface area contributed by atoms with E-state index in [0.717, 1.165) is 0 Å². The first-order valence-electron chi connectivity index (χ1n) is 20.8. The van der Waals surface area contributed by atoms with Crippen LogP contribution in [0.1, 0.15) is 22.3 Å². The minimum absolute atomic E-state index is 0.134. The monoisotopic (exact) mass is 743 g/mol. The average molecular weight is 744 g/mol. The van der Waals surface area contributed by atoms with Crippen molar-refractivity contribution in [2.45, 2.75) is 5.41 Å². The van der Waals surface area contributed by atoms with Crippen molar-refractivity contribution in [3.05, 3.63) is 229 Å². The standard InChI is InChI=1S/C57H34BN/c1-2-13-40-35(12-1)24-25-38-32-36(26-29-41(38)40)37-27-31-49-47(33-37)42-14-3-6-18-48(42)57(49)50-19-7-8-21-52(50)58-53-34-39(28-30-43(53)46-17-11-20-51(57)56(46)58)59-54-22-9-4-15-44(54)45-16-5-10-23-55(45)59/h1-34H. The second kappa shape index (κ2) is 11.4. The first-order valence-corrected chi connectivity index (χ1v) is 20.8. The van der Waals surface area contributed by atoms with Gasteiger partial charge in [0.25, 0.3) is 0 Å². The molecule has 3 heterocycles.